The number of pyridine rings is 1. The predicted molar refractivity (Wildman–Crippen MR) is 77.1 cm³/mol. The highest BCUT2D eigenvalue weighted by Gasteiger charge is 2.11. The molecule has 1 amide bonds. The second kappa shape index (κ2) is 5.80. The summed E-state index contributed by atoms with van der Waals surface area (Å²) in [5.41, 5.74) is 8.04. The minimum absolute atomic E-state index is 0.0673. The Hall–Kier alpha value is -1.94. The lowest BCUT2D eigenvalue weighted by atomic mass is 10.1. The first kappa shape index (κ1) is 13.5. The number of hydrogen-bond donors (Lipinski definition) is 2. The molecule has 0 bridgehead atoms. The van der Waals surface area contributed by atoms with Crippen molar-refractivity contribution in [2.75, 3.05) is 6.54 Å². The van der Waals surface area contributed by atoms with Crippen molar-refractivity contribution in [1.29, 1.82) is 0 Å². The summed E-state index contributed by atoms with van der Waals surface area (Å²) in [4.78, 5) is 16.6. The zero-order valence-corrected chi connectivity index (χ0v) is 11.3. The van der Waals surface area contributed by atoms with Gasteiger partial charge in [-0.05, 0) is 32.4 Å². The van der Waals surface area contributed by atoms with E-state index in [9.17, 15) is 4.79 Å². The number of nitrogens with two attached hydrogens (primary N) is 1. The lowest BCUT2D eigenvalue weighted by Gasteiger charge is -2.10. The van der Waals surface area contributed by atoms with E-state index >= 15 is 0 Å². The molecule has 4 heteroatoms. The van der Waals surface area contributed by atoms with E-state index in [1.165, 1.54) is 0 Å². The molecule has 1 unspecified atom stereocenters. The van der Waals surface area contributed by atoms with Gasteiger partial charge >= 0.3 is 0 Å². The van der Waals surface area contributed by atoms with E-state index in [4.69, 9.17) is 5.73 Å². The number of carbonyl (C=O) groups is 1. The van der Waals surface area contributed by atoms with Crippen molar-refractivity contribution >= 4 is 16.8 Å². The Morgan fingerprint density at radius 3 is 2.89 bits per heavy atom. The first-order valence-corrected chi connectivity index (χ1v) is 6.48. The monoisotopic (exact) mass is 257 g/mol. The number of carbonyl (C=O) groups excluding carboxylic acids is 1. The molecule has 4 nitrogen and oxygen atoms in total. The van der Waals surface area contributed by atoms with Gasteiger partial charge in [0.05, 0.1) is 11.1 Å². The van der Waals surface area contributed by atoms with Crippen LogP contribution in [0.1, 0.15) is 29.4 Å². The third-order valence-corrected chi connectivity index (χ3v) is 2.97. The molecular weight excluding hydrogens is 238 g/mol. The molecule has 2 aromatic rings. The maximum Gasteiger partial charge on any atom is 0.252 e. The molecule has 0 aliphatic rings. The number of rotatable bonds is 4. The van der Waals surface area contributed by atoms with Crippen molar-refractivity contribution in [2.24, 2.45) is 5.73 Å². The zero-order chi connectivity index (χ0) is 13.8. The number of amides is 1. The van der Waals surface area contributed by atoms with Gasteiger partial charge in [0, 0.05) is 23.7 Å². The summed E-state index contributed by atoms with van der Waals surface area (Å²) in [5, 5.41) is 3.78. The average molecular weight is 257 g/mol. The third kappa shape index (κ3) is 3.29. The Bertz CT molecular complexity index is 593. The van der Waals surface area contributed by atoms with Gasteiger partial charge in [-0.1, -0.05) is 18.2 Å². The van der Waals surface area contributed by atoms with Crippen LogP contribution in [-0.2, 0) is 0 Å². The summed E-state index contributed by atoms with van der Waals surface area (Å²) in [7, 11) is 0. The molecule has 3 N–H and O–H groups in total. The summed E-state index contributed by atoms with van der Waals surface area (Å²) < 4.78 is 0. The molecule has 1 aromatic heterocycles. The number of para-hydroxylation sites is 1. The minimum Gasteiger partial charge on any atom is -0.352 e. The van der Waals surface area contributed by atoms with Gasteiger partial charge in [0.25, 0.3) is 5.91 Å². The van der Waals surface area contributed by atoms with E-state index in [0.29, 0.717) is 12.1 Å². The normalized spacial score (nSPS) is 12.4. The van der Waals surface area contributed by atoms with Gasteiger partial charge in [-0.3, -0.25) is 9.78 Å². The van der Waals surface area contributed by atoms with E-state index in [1.807, 2.05) is 44.2 Å². The number of hydrogen-bond acceptors (Lipinski definition) is 3. The van der Waals surface area contributed by atoms with E-state index in [2.05, 4.69) is 10.3 Å². The number of benzene rings is 1. The SMILES string of the molecule is Cc1cc(C(=O)NCCC(C)N)c2ccccc2n1. The van der Waals surface area contributed by atoms with E-state index in [-0.39, 0.29) is 11.9 Å². The summed E-state index contributed by atoms with van der Waals surface area (Å²) in [6, 6.07) is 9.59. The van der Waals surface area contributed by atoms with Gasteiger partial charge < -0.3 is 11.1 Å². The van der Waals surface area contributed by atoms with Crippen LogP contribution in [-0.4, -0.2) is 23.5 Å². The molecule has 0 radical (unpaired) electrons. The van der Waals surface area contributed by atoms with Crippen LogP contribution in [0.25, 0.3) is 10.9 Å². The Balaban J connectivity index is 2.26. The van der Waals surface area contributed by atoms with Crippen LogP contribution in [0.4, 0.5) is 0 Å². The molecule has 0 spiro atoms. The Kier molecular flexibility index (Phi) is 4.12. The molecule has 1 aromatic carbocycles. The van der Waals surface area contributed by atoms with Gasteiger partial charge in [0.15, 0.2) is 0 Å². The summed E-state index contributed by atoms with van der Waals surface area (Å²) in [5.74, 6) is -0.0673. The number of aromatic nitrogens is 1. The topological polar surface area (TPSA) is 68.0 Å². The Morgan fingerprint density at radius 1 is 1.42 bits per heavy atom. The maximum absolute atomic E-state index is 12.2. The second-order valence-corrected chi connectivity index (χ2v) is 4.85. The van der Waals surface area contributed by atoms with E-state index < -0.39 is 0 Å². The fourth-order valence-corrected chi connectivity index (χ4v) is 2.00. The van der Waals surface area contributed by atoms with Crippen LogP contribution in [0.2, 0.25) is 0 Å². The Morgan fingerprint density at radius 2 is 2.16 bits per heavy atom. The molecule has 0 saturated heterocycles. The van der Waals surface area contributed by atoms with Gasteiger partial charge in [-0.25, -0.2) is 0 Å². The summed E-state index contributed by atoms with van der Waals surface area (Å²) in [6.45, 7) is 4.41. The van der Waals surface area contributed by atoms with Gasteiger partial charge in [-0.2, -0.15) is 0 Å². The van der Waals surface area contributed by atoms with Crippen molar-refractivity contribution < 1.29 is 4.79 Å². The molecule has 1 atom stereocenters. The largest absolute Gasteiger partial charge is 0.352 e. The first-order chi connectivity index (χ1) is 9.08. The minimum atomic E-state index is -0.0673. The van der Waals surface area contributed by atoms with Gasteiger partial charge in [-0.15, -0.1) is 0 Å². The number of aryl methyl sites for hydroxylation is 1. The smallest absolute Gasteiger partial charge is 0.252 e. The highest BCUT2D eigenvalue weighted by Crippen LogP contribution is 2.17. The highest BCUT2D eigenvalue weighted by molar-refractivity contribution is 6.06. The summed E-state index contributed by atoms with van der Waals surface area (Å²) >= 11 is 0. The van der Waals surface area contributed by atoms with Crippen LogP contribution < -0.4 is 11.1 Å². The van der Waals surface area contributed by atoms with Crippen molar-refractivity contribution in [3.63, 3.8) is 0 Å². The highest BCUT2D eigenvalue weighted by atomic mass is 16.1. The number of nitrogens with one attached hydrogen (secondary N) is 1. The Labute approximate surface area is 113 Å². The molecule has 0 aliphatic heterocycles. The van der Waals surface area contributed by atoms with Crippen LogP contribution >= 0.6 is 0 Å². The van der Waals surface area contributed by atoms with E-state index in [1.54, 1.807) is 0 Å². The maximum atomic E-state index is 12.2. The molecule has 0 saturated carbocycles. The molecule has 19 heavy (non-hydrogen) atoms. The first-order valence-electron chi connectivity index (χ1n) is 6.48. The molecular formula is C15H19N3O. The lowest BCUT2D eigenvalue weighted by molar-refractivity contribution is 0.0954. The molecule has 100 valence electrons. The molecule has 1 heterocycles. The standard InChI is InChI=1S/C15H19N3O/c1-10(16)7-8-17-15(19)13-9-11(2)18-14-6-4-3-5-12(13)14/h3-6,9-10H,7-8,16H2,1-2H3,(H,17,19). The second-order valence-electron chi connectivity index (χ2n) is 4.85. The number of nitrogens with zero attached hydrogens (tertiary/aromatic N) is 1. The van der Waals surface area contributed by atoms with Crippen LogP contribution in [0.5, 0.6) is 0 Å². The molecule has 2 rings (SSSR count). The fraction of sp³-hybridized carbons (Fsp3) is 0.333. The average Bonchev–Trinajstić information content (AvgIpc) is 2.37. The predicted octanol–water partition coefficient (Wildman–Crippen LogP) is 2.01. The van der Waals surface area contributed by atoms with Gasteiger partial charge in [0.1, 0.15) is 0 Å². The van der Waals surface area contributed by atoms with Crippen molar-refractivity contribution in [3.8, 4) is 0 Å². The van der Waals surface area contributed by atoms with Crippen LogP contribution in [0.15, 0.2) is 30.3 Å². The molecule has 0 aliphatic carbocycles. The zero-order valence-electron chi connectivity index (χ0n) is 11.3. The van der Waals surface area contributed by atoms with Crippen LogP contribution in [0, 0.1) is 6.92 Å². The third-order valence-electron chi connectivity index (χ3n) is 2.97. The van der Waals surface area contributed by atoms with Crippen molar-refractivity contribution in [2.45, 2.75) is 26.3 Å². The van der Waals surface area contributed by atoms with Crippen LogP contribution in [0.3, 0.4) is 0 Å². The van der Waals surface area contributed by atoms with Crippen molar-refractivity contribution in [3.05, 3.63) is 41.6 Å². The number of fused-ring (bicyclic) bond motifs is 1. The molecule has 0 fully saturated rings. The summed E-state index contributed by atoms with van der Waals surface area (Å²) in [6.07, 6.45) is 0.772. The van der Waals surface area contributed by atoms with E-state index in [0.717, 1.165) is 23.0 Å². The fourth-order valence-electron chi connectivity index (χ4n) is 2.00. The van der Waals surface area contributed by atoms with Gasteiger partial charge in [0.2, 0.25) is 0 Å². The lowest BCUT2D eigenvalue weighted by Crippen LogP contribution is -2.29. The quantitative estimate of drug-likeness (QED) is 0.880. The van der Waals surface area contributed by atoms with Crippen molar-refractivity contribution in [1.82, 2.24) is 10.3 Å².